The minimum atomic E-state index is -4.47. The fourth-order valence-corrected chi connectivity index (χ4v) is 3.42. The Labute approximate surface area is 193 Å². The summed E-state index contributed by atoms with van der Waals surface area (Å²) >= 11 is 0. The molecular formula is C22H22F3N7O2. The Morgan fingerprint density at radius 2 is 1.88 bits per heavy atom. The zero-order valence-corrected chi connectivity index (χ0v) is 18.3. The number of halogens is 3. The Morgan fingerprint density at radius 1 is 1.09 bits per heavy atom. The van der Waals surface area contributed by atoms with Gasteiger partial charge in [-0.05, 0) is 37.3 Å². The van der Waals surface area contributed by atoms with Gasteiger partial charge in [-0.2, -0.15) is 28.1 Å². The second kappa shape index (κ2) is 9.89. The second-order valence-corrected chi connectivity index (χ2v) is 7.40. The summed E-state index contributed by atoms with van der Waals surface area (Å²) in [5, 5.41) is 2.80. The normalized spacial score (nSPS) is 14.1. The van der Waals surface area contributed by atoms with E-state index in [-0.39, 0.29) is 23.6 Å². The third kappa shape index (κ3) is 5.50. The number of pyridine rings is 1. The largest absolute Gasteiger partial charge is 0.464 e. The fraction of sp³-hybridized carbons (Fsp3) is 0.318. The van der Waals surface area contributed by atoms with Crippen molar-refractivity contribution >= 4 is 23.5 Å². The lowest BCUT2D eigenvalue weighted by molar-refractivity contribution is -0.137. The number of anilines is 3. The first-order valence-corrected chi connectivity index (χ1v) is 10.6. The van der Waals surface area contributed by atoms with Crippen LogP contribution in [-0.4, -0.2) is 63.5 Å². The molecule has 1 fully saturated rings. The van der Waals surface area contributed by atoms with Gasteiger partial charge in [0.2, 0.25) is 11.9 Å². The van der Waals surface area contributed by atoms with E-state index in [1.165, 1.54) is 18.3 Å². The first-order chi connectivity index (χ1) is 16.3. The van der Waals surface area contributed by atoms with Gasteiger partial charge in [-0.1, -0.05) is 6.07 Å². The number of amides is 1. The van der Waals surface area contributed by atoms with Crippen LogP contribution >= 0.6 is 0 Å². The monoisotopic (exact) mass is 473 g/mol. The van der Waals surface area contributed by atoms with Crippen molar-refractivity contribution in [2.24, 2.45) is 0 Å². The molecule has 9 nitrogen and oxygen atoms in total. The summed E-state index contributed by atoms with van der Waals surface area (Å²) < 4.78 is 44.6. The van der Waals surface area contributed by atoms with E-state index in [0.29, 0.717) is 44.3 Å². The van der Waals surface area contributed by atoms with Crippen LogP contribution < -0.4 is 15.0 Å². The molecule has 1 N–H and O–H groups in total. The van der Waals surface area contributed by atoms with Gasteiger partial charge >= 0.3 is 12.2 Å². The highest BCUT2D eigenvalue weighted by molar-refractivity contribution is 5.94. The van der Waals surface area contributed by atoms with E-state index in [4.69, 9.17) is 4.74 Å². The van der Waals surface area contributed by atoms with Crippen molar-refractivity contribution in [1.82, 2.24) is 24.8 Å². The average Bonchev–Trinajstić information content (AvgIpc) is 2.84. The van der Waals surface area contributed by atoms with Crippen LogP contribution in [0.2, 0.25) is 0 Å². The van der Waals surface area contributed by atoms with Crippen molar-refractivity contribution in [3.8, 4) is 6.01 Å². The average molecular weight is 473 g/mol. The van der Waals surface area contributed by atoms with Gasteiger partial charge in [-0.25, -0.2) is 0 Å². The van der Waals surface area contributed by atoms with Gasteiger partial charge in [-0.15, -0.1) is 0 Å². The number of hydrogen-bond donors (Lipinski definition) is 1. The standard InChI is InChI=1S/C22H22F3N7O2/c1-2-34-21-29-19(27-17-7-3-6-16(13-17)22(23,24)25)28-20(30-21)32-11-9-31(10-12-32)18(33)15-5-4-8-26-14-15/h3-8,13-14H,2,9-12H2,1H3,(H,27,28,29,30). The number of hydrogen-bond acceptors (Lipinski definition) is 8. The van der Waals surface area contributed by atoms with Crippen LogP contribution in [0.3, 0.4) is 0 Å². The van der Waals surface area contributed by atoms with Gasteiger partial charge in [0.25, 0.3) is 5.91 Å². The summed E-state index contributed by atoms with van der Waals surface area (Å²) in [4.78, 5) is 33.1. The van der Waals surface area contributed by atoms with Gasteiger partial charge in [0.1, 0.15) is 0 Å². The van der Waals surface area contributed by atoms with E-state index in [9.17, 15) is 18.0 Å². The van der Waals surface area contributed by atoms with Crippen molar-refractivity contribution in [3.63, 3.8) is 0 Å². The minimum Gasteiger partial charge on any atom is -0.464 e. The molecule has 1 aromatic carbocycles. The fourth-order valence-electron chi connectivity index (χ4n) is 3.42. The minimum absolute atomic E-state index is 0.0517. The van der Waals surface area contributed by atoms with Gasteiger partial charge in [0.15, 0.2) is 0 Å². The summed E-state index contributed by atoms with van der Waals surface area (Å²) in [5.74, 6) is 0.258. The molecule has 1 aliphatic rings. The summed E-state index contributed by atoms with van der Waals surface area (Å²) in [6.07, 6.45) is -1.33. The molecule has 2 aromatic heterocycles. The van der Waals surface area contributed by atoms with Crippen LogP contribution in [0.15, 0.2) is 48.8 Å². The molecule has 34 heavy (non-hydrogen) atoms. The maximum Gasteiger partial charge on any atom is 0.416 e. The lowest BCUT2D eigenvalue weighted by Crippen LogP contribution is -2.49. The Hall–Kier alpha value is -3.96. The van der Waals surface area contributed by atoms with Crippen molar-refractivity contribution in [3.05, 3.63) is 59.9 Å². The van der Waals surface area contributed by atoms with Crippen LogP contribution in [0.25, 0.3) is 0 Å². The first-order valence-electron chi connectivity index (χ1n) is 10.6. The molecule has 0 unspecified atom stereocenters. The second-order valence-electron chi connectivity index (χ2n) is 7.40. The summed E-state index contributed by atoms with van der Waals surface area (Å²) in [6.45, 7) is 3.89. The number of nitrogens with one attached hydrogen (secondary N) is 1. The maximum absolute atomic E-state index is 13.0. The third-order valence-corrected chi connectivity index (χ3v) is 5.08. The molecule has 3 aromatic rings. The SMILES string of the molecule is CCOc1nc(Nc2cccc(C(F)(F)F)c2)nc(N2CCN(C(=O)c3cccnc3)CC2)n1. The lowest BCUT2D eigenvalue weighted by atomic mass is 10.2. The molecule has 1 amide bonds. The smallest absolute Gasteiger partial charge is 0.416 e. The number of nitrogens with zero attached hydrogens (tertiary/aromatic N) is 6. The predicted octanol–water partition coefficient (Wildman–Crippen LogP) is 3.39. The van der Waals surface area contributed by atoms with Crippen LogP contribution in [0.4, 0.5) is 30.8 Å². The van der Waals surface area contributed by atoms with Crippen molar-refractivity contribution in [2.75, 3.05) is 43.0 Å². The topological polar surface area (TPSA) is 96.4 Å². The highest BCUT2D eigenvalue weighted by Crippen LogP contribution is 2.31. The number of carbonyl (C=O) groups is 1. The molecule has 4 rings (SSSR count). The van der Waals surface area contributed by atoms with Crippen LogP contribution in [0, 0.1) is 0 Å². The van der Waals surface area contributed by atoms with Crippen molar-refractivity contribution in [1.29, 1.82) is 0 Å². The van der Waals surface area contributed by atoms with E-state index < -0.39 is 11.7 Å². The molecule has 0 aliphatic carbocycles. The number of piperazine rings is 1. The van der Waals surface area contributed by atoms with Gasteiger partial charge in [-0.3, -0.25) is 9.78 Å². The number of benzene rings is 1. The van der Waals surface area contributed by atoms with E-state index in [1.54, 1.807) is 30.2 Å². The Morgan fingerprint density at radius 3 is 2.56 bits per heavy atom. The van der Waals surface area contributed by atoms with Gasteiger partial charge < -0.3 is 19.9 Å². The quantitative estimate of drug-likeness (QED) is 0.582. The zero-order chi connectivity index (χ0) is 24.1. The highest BCUT2D eigenvalue weighted by Gasteiger charge is 2.30. The molecule has 1 saturated heterocycles. The Bertz CT molecular complexity index is 1140. The summed E-state index contributed by atoms with van der Waals surface area (Å²) in [6, 6.07) is 8.23. The van der Waals surface area contributed by atoms with E-state index >= 15 is 0 Å². The predicted molar refractivity (Wildman–Crippen MR) is 118 cm³/mol. The lowest BCUT2D eigenvalue weighted by Gasteiger charge is -2.34. The van der Waals surface area contributed by atoms with Crippen LogP contribution in [0.1, 0.15) is 22.8 Å². The Balaban J connectivity index is 1.50. The highest BCUT2D eigenvalue weighted by atomic mass is 19.4. The molecule has 0 radical (unpaired) electrons. The molecule has 12 heteroatoms. The number of ether oxygens (including phenoxy) is 1. The van der Waals surface area contributed by atoms with Gasteiger partial charge in [0, 0.05) is 44.3 Å². The maximum atomic E-state index is 13.0. The molecule has 178 valence electrons. The van der Waals surface area contributed by atoms with E-state index in [1.807, 2.05) is 4.90 Å². The van der Waals surface area contributed by atoms with Gasteiger partial charge in [0.05, 0.1) is 17.7 Å². The zero-order valence-electron chi connectivity index (χ0n) is 18.3. The number of rotatable bonds is 6. The Kier molecular flexibility index (Phi) is 6.75. The summed E-state index contributed by atoms with van der Waals surface area (Å²) in [5.41, 5.74) is -0.0881. The molecule has 1 aliphatic heterocycles. The summed E-state index contributed by atoms with van der Waals surface area (Å²) in [7, 11) is 0. The van der Waals surface area contributed by atoms with E-state index in [0.717, 1.165) is 12.1 Å². The van der Waals surface area contributed by atoms with Crippen molar-refractivity contribution < 1.29 is 22.7 Å². The van der Waals surface area contributed by atoms with Crippen LogP contribution in [-0.2, 0) is 6.18 Å². The number of aromatic nitrogens is 4. The van der Waals surface area contributed by atoms with Crippen molar-refractivity contribution in [2.45, 2.75) is 13.1 Å². The van der Waals surface area contributed by atoms with Crippen LogP contribution in [0.5, 0.6) is 6.01 Å². The molecule has 0 atom stereocenters. The first kappa shape index (κ1) is 23.2. The molecular weight excluding hydrogens is 451 g/mol. The molecule has 0 bridgehead atoms. The molecule has 3 heterocycles. The molecule has 0 spiro atoms. The number of carbonyl (C=O) groups excluding carboxylic acids is 1. The number of alkyl halides is 3. The van der Waals surface area contributed by atoms with E-state index in [2.05, 4.69) is 25.3 Å². The molecule has 0 saturated carbocycles. The third-order valence-electron chi connectivity index (χ3n) is 5.08.